The maximum absolute atomic E-state index is 4.89. The Kier molecular flexibility index (Phi) is 2.32. The van der Waals surface area contributed by atoms with E-state index in [1.165, 1.54) is 5.56 Å². The average Bonchev–Trinajstić information content (AvgIpc) is 2.04. The highest BCUT2D eigenvalue weighted by atomic mass is 16.5. The molecule has 0 heterocycles. The van der Waals surface area contributed by atoms with Gasteiger partial charge < -0.3 is 4.74 Å². The molecule has 0 atom stereocenters. The summed E-state index contributed by atoms with van der Waals surface area (Å²) in [5, 5.41) is 0. The summed E-state index contributed by atoms with van der Waals surface area (Å²) in [7, 11) is 3.36. The number of rotatable bonds is 2. The first-order chi connectivity index (χ1) is 4.88. The number of benzene rings is 1. The maximum atomic E-state index is 4.89. The molecule has 0 aliphatic rings. The zero-order valence-electron chi connectivity index (χ0n) is 6.13. The first kappa shape index (κ1) is 7.13. The summed E-state index contributed by atoms with van der Waals surface area (Å²) in [5.41, 5.74) is 1.21. The lowest BCUT2D eigenvalue weighted by molar-refractivity contribution is 0.467. The number of aryl methyl sites for hydroxylation is 1. The van der Waals surface area contributed by atoms with Crippen LogP contribution in [0.2, 0.25) is 0 Å². The second-order valence-corrected chi connectivity index (χ2v) is 2.11. The molecule has 0 saturated heterocycles. The molecule has 0 amide bonds. The monoisotopic (exact) mass is 135 g/mol. The third-order valence-electron chi connectivity index (χ3n) is 1.51. The molecule has 53 valence electrons. The van der Waals surface area contributed by atoms with Crippen LogP contribution in [0.3, 0.4) is 0 Å². The van der Waals surface area contributed by atoms with Crippen LogP contribution in [0.4, 0.5) is 0 Å². The number of ether oxygens (including phenoxy) is 1. The van der Waals surface area contributed by atoms with Crippen LogP contribution in [0.15, 0.2) is 24.3 Å². The van der Waals surface area contributed by atoms with E-state index < -0.39 is 0 Å². The third-order valence-corrected chi connectivity index (χ3v) is 1.51. The molecular formula is C9H11O. The Labute approximate surface area is 61.6 Å². The highest BCUT2D eigenvalue weighted by molar-refractivity contribution is 5.33. The SMILES string of the molecule is [CH2]Oc1ccccc1CC. The molecule has 1 nitrogen and oxygen atoms in total. The Balaban J connectivity index is 2.96. The molecule has 0 unspecified atom stereocenters. The van der Waals surface area contributed by atoms with Crippen molar-refractivity contribution >= 4 is 0 Å². The average molecular weight is 135 g/mol. The van der Waals surface area contributed by atoms with Gasteiger partial charge in [0.05, 0.1) is 0 Å². The van der Waals surface area contributed by atoms with Gasteiger partial charge in [0, 0.05) is 0 Å². The lowest BCUT2D eigenvalue weighted by Crippen LogP contribution is -1.86. The van der Waals surface area contributed by atoms with Gasteiger partial charge in [-0.25, -0.2) is 0 Å². The Bertz CT molecular complexity index is 183. The highest BCUT2D eigenvalue weighted by Gasteiger charge is 1.95. The van der Waals surface area contributed by atoms with Crippen LogP contribution >= 0.6 is 0 Å². The van der Waals surface area contributed by atoms with Crippen LogP contribution in [-0.2, 0) is 6.42 Å². The van der Waals surface area contributed by atoms with Crippen LogP contribution in [0.1, 0.15) is 12.5 Å². The Hall–Kier alpha value is -0.980. The number of hydrogen-bond acceptors (Lipinski definition) is 1. The van der Waals surface area contributed by atoms with Crippen molar-refractivity contribution in [1.29, 1.82) is 0 Å². The van der Waals surface area contributed by atoms with Crippen molar-refractivity contribution in [2.75, 3.05) is 0 Å². The molecule has 0 N–H and O–H groups in total. The molecule has 1 aromatic rings. The molecular weight excluding hydrogens is 124 g/mol. The van der Waals surface area contributed by atoms with Crippen molar-refractivity contribution in [1.82, 2.24) is 0 Å². The van der Waals surface area contributed by atoms with Crippen LogP contribution in [-0.4, -0.2) is 0 Å². The summed E-state index contributed by atoms with van der Waals surface area (Å²) in [6.45, 7) is 2.10. The van der Waals surface area contributed by atoms with Gasteiger partial charge in [-0.1, -0.05) is 25.1 Å². The van der Waals surface area contributed by atoms with Crippen LogP contribution in [0, 0.1) is 7.11 Å². The van der Waals surface area contributed by atoms with Gasteiger partial charge in [0.15, 0.2) is 0 Å². The molecule has 1 aromatic carbocycles. The molecule has 1 heteroatoms. The van der Waals surface area contributed by atoms with E-state index >= 15 is 0 Å². The van der Waals surface area contributed by atoms with Gasteiger partial charge in [-0.15, -0.1) is 0 Å². The molecule has 0 aliphatic heterocycles. The minimum Gasteiger partial charge on any atom is -0.490 e. The fraction of sp³-hybridized carbons (Fsp3) is 0.222. The Morgan fingerprint density at radius 3 is 2.60 bits per heavy atom. The van der Waals surface area contributed by atoms with E-state index in [0.29, 0.717) is 0 Å². The van der Waals surface area contributed by atoms with Gasteiger partial charge in [-0.05, 0) is 18.1 Å². The second kappa shape index (κ2) is 3.25. The van der Waals surface area contributed by atoms with Crippen molar-refractivity contribution in [3.05, 3.63) is 36.9 Å². The first-order valence-corrected chi connectivity index (χ1v) is 3.38. The van der Waals surface area contributed by atoms with E-state index in [1.54, 1.807) is 0 Å². The number of hydrogen-bond donors (Lipinski definition) is 0. The van der Waals surface area contributed by atoms with E-state index in [-0.39, 0.29) is 0 Å². The van der Waals surface area contributed by atoms with Crippen molar-refractivity contribution in [2.45, 2.75) is 13.3 Å². The minimum atomic E-state index is 0.880. The molecule has 0 spiro atoms. The molecule has 0 saturated carbocycles. The van der Waals surface area contributed by atoms with Gasteiger partial charge in [-0.3, -0.25) is 0 Å². The molecule has 0 fully saturated rings. The Morgan fingerprint density at radius 1 is 1.40 bits per heavy atom. The molecule has 0 bridgehead atoms. The first-order valence-electron chi connectivity index (χ1n) is 3.38. The van der Waals surface area contributed by atoms with Crippen molar-refractivity contribution in [3.63, 3.8) is 0 Å². The van der Waals surface area contributed by atoms with Crippen molar-refractivity contribution in [3.8, 4) is 5.75 Å². The van der Waals surface area contributed by atoms with E-state index in [9.17, 15) is 0 Å². The summed E-state index contributed by atoms with van der Waals surface area (Å²) >= 11 is 0. The standard InChI is InChI=1S/C9H11O/c1-3-8-6-4-5-7-9(8)10-2/h4-7H,2-3H2,1H3. The summed E-state index contributed by atoms with van der Waals surface area (Å²) in [6, 6.07) is 7.91. The number of para-hydroxylation sites is 1. The van der Waals surface area contributed by atoms with Crippen molar-refractivity contribution in [2.24, 2.45) is 0 Å². The summed E-state index contributed by atoms with van der Waals surface area (Å²) in [5.74, 6) is 0.880. The predicted molar refractivity (Wildman–Crippen MR) is 41.8 cm³/mol. The quantitative estimate of drug-likeness (QED) is 0.605. The predicted octanol–water partition coefficient (Wildman–Crippen LogP) is 2.42. The molecule has 1 radical (unpaired) electrons. The van der Waals surface area contributed by atoms with Gasteiger partial charge >= 0.3 is 0 Å². The normalized spacial score (nSPS) is 9.40. The van der Waals surface area contributed by atoms with Gasteiger partial charge in [0.2, 0.25) is 0 Å². The third kappa shape index (κ3) is 1.29. The smallest absolute Gasteiger partial charge is 0.122 e. The summed E-state index contributed by atoms with van der Waals surface area (Å²) in [6.07, 6.45) is 0.992. The molecule has 0 aliphatic carbocycles. The van der Waals surface area contributed by atoms with Crippen LogP contribution < -0.4 is 4.74 Å². The van der Waals surface area contributed by atoms with Gasteiger partial charge in [0.25, 0.3) is 0 Å². The fourth-order valence-electron chi connectivity index (χ4n) is 0.937. The van der Waals surface area contributed by atoms with Crippen molar-refractivity contribution < 1.29 is 4.74 Å². The van der Waals surface area contributed by atoms with Crippen LogP contribution in [0.25, 0.3) is 0 Å². The van der Waals surface area contributed by atoms with E-state index in [0.717, 1.165) is 12.2 Å². The largest absolute Gasteiger partial charge is 0.490 e. The molecule has 1 rings (SSSR count). The van der Waals surface area contributed by atoms with Gasteiger partial charge in [0.1, 0.15) is 12.9 Å². The highest BCUT2D eigenvalue weighted by Crippen LogP contribution is 2.17. The topological polar surface area (TPSA) is 9.23 Å². The van der Waals surface area contributed by atoms with E-state index in [2.05, 4.69) is 14.0 Å². The summed E-state index contributed by atoms with van der Waals surface area (Å²) in [4.78, 5) is 0. The zero-order chi connectivity index (χ0) is 7.40. The van der Waals surface area contributed by atoms with Gasteiger partial charge in [-0.2, -0.15) is 0 Å². The minimum absolute atomic E-state index is 0.880. The zero-order valence-corrected chi connectivity index (χ0v) is 6.13. The molecule has 0 aromatic heterocycles. The lowest BCUT2D eigenvalue weighted by Gasteiger charge is -2.03. The summed E-state index contributed by atoms with van der Waals surface area (Å²) < 4.78 is 4.89. The molecule has 10 heavy (non-hydrogen) atoms. The fourth-order valence-corrected chi connectivity index (χ4v) is 0.937. The second-order valence-electron chi connectivity index (χ2n) is 2.11. The van der Waals surface area contributed by atoms with E-state index in [4.69, 9.17) is 4.74 Å². The lowest BCUT2D eigenvalue weighted by atomic mass is 10.1. The Morgan fingerprint density at radius 2 is 2.10 bits per heavy atom. The maximum Gasteiger partial charge on any atom is 0.122 e. The van der Waals surface area contributed by atoms with Crippen LogP contribution in [0.5, 0.6) is 5.75 Å². The van der Waals surface area contributed by atoms with E-state index in [1.807, 2.05) is 24.3 Å².